The molecule has 0 aromatic heterocycles. The SMILES string of the molecule is CCCC[C@H](N)C(=O)N1CCS(=O)(=O)CC1. The molecule has 1 fully saturated rings. The Morgan fingerprint density at radius 2 is 1.94 bits per heavy atom. The fourth-order valence-electron chi connectivity index (χ4n) is 1.71. The largest absolute Gasteiger partial charge is 0.339 e. The van der Waals surface area contributed by atoms with Crippen LogP contribution in [-0.4, -0.2) is 49.9 Å². The third-order valence-corrected chi connectivity index (χ3v) is 4.45. The van der Waals surface area contributed by atoms with Crippen molar-refractivity contribution in [3.05, 3.63) is 0 Å². The van der Waals surface area contributed by atoms with Crippen molar-refractivity contribution in [2.24, 2.45) is 5.73 Å². The van der Waals surface area contributed by atoms with Gasteiger partial charge in [0.05, 0.1) is 17.5 Å². The Balaban J connectivity index is 2.44. The number of nitrogens with two attached hydrogens (primary N) is 1. The van der Waals surface area contributed by atoms with E-state index >= 15 is 0 Å². The number of carbonyl (C=O) groups is 1. The van der Waals surface area contributed by atoms with Crippen LogP contribution in [0.2, 0.25) is 0 Å². The molecular weight excluding hydrogens is 228 g/mol. The van der Waals surface area contributed by atoms with Gasteiger partial charge in [-0.05, 0) is 6.42 Å². The molecule has 16 heavy (non-hydrogen) atoms. The third-order valence-electron chi connectivity index (χ3n) is 2.84. The molecule has 0 spiro atoms. The van der Waals surface area contributed by atoms with Crippen LogP contribution in [0.25, 0.3) is 0 Å². The highest BCUT2D eigenvalue weighted by Gasteiger charge is 2.27. The standard InChI is InChI=1S/C10H20N2O3S/c1-2-3-4-9(11)10(13)12-5-7-16(14,15)8-6-12/h9H,2-8,11H2,1H3/t9-/m0/s1. The zero-order valence-electron chi connectivity index (χ0n) is 9.68. The zero-order valence-corrected chi connectivity index (χ0v) is 10.5. The predicted molar refractivity (Wildman–Crippen MR) is 62.7 cm³/mol. The van der Waals surface area contributed by atoms with E-state index in [9.17, 15) is 13.2 Å². The van der Waals surface area contributed by atoms with Gasteiger partial charge in [-0.15, -0.1) is 0 Å². The molecule has 1 aliphatic heterocycles. The van der Waals surface area contributed by atoms with Gasteiger partial charge in [0.1, 0.15) is 0 Å². The van der Waals surface area contributed by atoms with E-state index in [1.165, 1.54) is 0 Å². The van der Waals surface area contributed by atoms with Crippen LogP contribution in [0.1, 0.15) is 26.2 Å². The first kappa shape index (κ1) is 13.4. The first-order chi connectivity index (χ1) is 7.46. The Hall–Kier alpha value is -0.620. The maximum Gasteiger partial charge on any atom is 0.239 e. The van der Waals surface area contributed by atoms with Gasteiger partial charge in [0.15, 0.2) is 9.84 Å². The summed E-state index contributed by atoms with van der Waals surface area (Å²) >= 11 is 0. The van der Waals surface area contributed by atoms with Gasteiger partial charge < -0.3 is 10.6 Å². The summed E-state index contributed by atoms with van der Waals surface area (Å²) in [6, 6.07) is -0.472. The summed E-state index contributed by atoms with van der Waals surface area (Å²) < 4.78 is 22.4. The Bertz CT molecular complexity index is 326. The van der Waals surface area contributed by atoms with E-state index in [0.717, 1.165) is 12.8 Å². The van der Waals surface area contributed by atoms with E-state index in [1.54, 1.807) is 4.90 Å². The monoisotopic (exact) mass is 248 g/mol. The second-order valence-corrected chi connectivity index (χ2v) is 6.53. The average Bonchev–Trinajstić information content (AvgIpc) is 2.25. The first-order valence-corrected chi connectivity index (χ1v) is 7.53. The number of nitrogens with zero attached hydrogens (tertiary/aromatic N) is 1. The number of hydrogen-bond acceptors (Lipinski definition) is 4. The molecule has 0 aliphatic carbocycles. The van der Waals surface area contributed by atoms with Crippen molar-refractivity contribution < 1.29 is 13.2 Å². The molecule has 94 valence electrons. The van der Waals surface area contributed by atoms with Gasteiger partial charge >= 0.3 is 0 Å². The Labute approximate surface area is 96.9 Å². The average molecular weight is 248 g/mol. The van der Waals surface area contributed by atoms with Crippen LogP contribution in [-0.2, 0) is 14.6 Å². The number of rotatable bonds is 4. The van der Waals surface area contributed by atoms with Crippen LogP contribution in [0, 0.1) is 0 Å². The van der Waals surface area contributed by atoms with Crippen molar-refractivity contribution in [2.75, 3.05) is 24.6 Å². The lowest BCUT2D eigenvalue weighted by Crippen LogP contribution is -2.50. The molecule has 1 saturated heterocycles. The number of sulfone groups is 1. The number of unbranched alkanes of at least 4 members (excludes halogenated alkanes) is 1. The van der Waals surface area contributed by atoms with E-state index in [1.807, 2.05) is 6.92 Å². The van der Waals surface area contributed by atoms with Crippen molar-refractivity contribution in [3.8, 4) is 0 Å². The molecule has 0 unspecified atom stereocenters. The molecule has 0 bridgehead atoms. The van der Waals surface area contributed by atoms with Crippen LogP contribution in [0.5, 0.6) is 0 Å². The summed E-state index contributed by atoms with van der Waals surface area (Å²) in [4.78, 5) is 13.4. The smallest absolute Gasteiger partial charge is 0.239 e. The topological polar surface area (TPSA) is 80.5 Å². The second-order valence-electron chi connectivity index (χ2n) is 4.23. The maximum atomic E-state index is 11.8. The van der Waals surface area contributed by atoms with Gasteiger partial charge in [-0.2, -0.15) is 0 Å². The summed E-state index contributed by atoms with van der Waals surface area (Å²) in [6.45, 7) is 2.63. The Morgan fingerprint density at radius 3 is 2.44 bits per heavy atom. The van der Waals surface area contributed by atoms with Gasteiger partial charge in [0, 0.05) is 13.1 Å². The Kier molecular flexibility index (Phi) is 4.73. The molecule has 1 amide bonds. The summed E-state index contributed by atoms with van der Waals surface area (Å²) in [7, 11) is -2.93. The van der Waals surface area contributed by atoms with Crippen LogP contribution in [0.3, 0.4) is 0 Å². The molecular formula is C10H20N2O3S. The molecule has 0 saturated carbocycles. The van der Waals surface area contributed by atoms with Crippen LogP contribution in [0.15, 0.2) is 0 Å². The normalized spacial score (nSPS) is 21.8. The van der Waals surface area contributed by atoms with E-state index in [-0.39, 0.29) is 17.4 Å². The molecule has 1 atom stereocenters. The highest BCUT2D eigenvalue weighted by Crippen LogP contribution is 2.08. The molecule has 2 N–H and O–H groups in total. The number of amides is 1. The molecule has 6 heteroatoms. The molecule has 0 aromatic rings. The van der Waals surface area contributed by atoms with E-state index in [2.05, 4.69) is 0 Å². The first-order valence-electron chi connectivity index (χ1n) is 5.71. The van der Waals surface area contributed by atoms with Gasteiger partial charge in [0.25, 0.3) is 0 Å². The molecule has 1 heterocycles. The summed E-state index contributed by atoms with van der Waals surface area (Å²) in [6.07, 6.45) is 2.62. The maximum absolute atomic E-state index is 11.8. The lowest BCUT2D eigenvalue weighted by molar-refractivity contribution is -0.132. The minimum Gasteiger partial charge on any atom is -0.339 e. The molecule has 5 nitrogen and oxygen atoms in total. The van der Waals surface area contributed by atoms with Crippen LogP contribution >= 0.6 is 0 Å². The van der Waals surface area contributed by atoms with E-state index in [0.29, 0.717) is 19.5 Å². The molecule has 0 radical (unpaired) electrons. The Morgan fingerprint density at radius 1 is 1.38 bits per heavy atom. The molecule has 1 aliphatic rings. The van der Waals surface area contributed by atoms with Gasteiger partial charge in [-0.25, -0.2) is 8.42 Å². The fourth-order valence-corrected chi connectivity index (χ4v) is 2.92. The van der Waals surface area contributed by atoms with Gasteiger partial charge in [0.2, 0.25) is 5.91 Å². The lowest BCUT2D eigenvalue weighted by Gasteiger charge is -2.29. The molecule has 1 rings (SSSR count). The van der Waals surface area contributed by atoms with Crippen molar-refractivity contribution in [1.29, 1.82) is 0 Å². The van der Waals surface area contributed by atoms with Gasteiger partial charge in [-0.3, -0.25) is 4.79 Å². The minimum atomic E-state index is -2.93. The van der Waals surface area contributed by atoms with Crippen molar-refractivity contribution in [3.63, 3.8) is 0 Å². The summed E-state index contributed by atoms with van der Waals surface area (Å²) in [5.41, 5.74) is 5.76. The van der Waals surface area contributed by atoms with Gasteiger partial charge in [-0.1, -0.05) is 19.8 Å². The number of carbonyl (C=O) groups excluding carboxylic acids is 1. The van der Waals surface area contributed by atoms with E-state index in [4.69, 9.17) is 5.73 Å². The van der Waals surface area contributed by atoms with Crippen LogP contribution < -0.4 is 5.73 Å². The molecule has 0 aromatic carbocycles. The van der Waals surface area contributed by atoms with Crippen molar-refractivity contribution in [1.82, 2.24) is 4.90 Å². The predicted octanol–water partition coefficient (Wildman–Crippen LogP) is -0.239. The summed E-state index contributed by atoms with van der Waals surface area (Å²) in [5.74, 6) is 0.0294. The highest BCUT2D eigenvalue weighted by atomic mass is 32.2. The van der Waals surface area contributed by atoms with Crippen LogP contribution in [0.4, 0.5) is 0 Å². The quantitative estimate of drug-likeness (QED) is 0.744. The van der Waals surface area contributed by atoms with Crippen molar-refractivity contribution >= 4 is 15.7 Å². The highest BCUT2D eigenvalue weighted by molar-refractivity contribution is 7.91. The second kappa shape index (κ2) is 5.63. The zero-order chi connectivity index (χ0) is 12.2. The minimum absolute atomic E-state index is 0.0687. The summed E-state index contributed by atoms with van der Waals surface area (Å²) in [5, 5.41) is 0. The lowest BCUT2D eigenvalue weighted by atomic mass is 10.1. The van der Waals surface area contributed by atoms with Crippen molar-refractivity contribution in [2.45, 2.75) is 32.2 Å². The third kappa shape index (κ3) is 3.75. The number of hydrogen-bond donors (Lipinski definition) is 1. The van der Waals surface area contributed by atoms with E-state index < -0.39 is 15.9 Å². The fraction of sp³-hybridized carbons (Fsp3) is 0.900.